The standard InChI is InChI=1S/C32H30ClN7O4S.ClH/c1-17-18(2)45-31-28(17)29(20-6-8-22(33)9-7-20)37-25(30-39-38-19(3)40(30)31)16-27(42)35-14-12-26(41)36-23-10-11-24(32(43)44)21(15-23)5-4-13-34;/h6-11,15,25H,12-14,16,34H2,1-3H3,(H,35,42)(H,36,41)(H,43,44);1H/t25-;/m0./s1. The Morgan fingerprint density at radius 1 is 1.09 bits per heavy atom. The number of aromatic nitrogens is 3. The molecule has 0 spiro atoms. The lowest BCUT2D eigenvalue weighted by Gasteiger charge is -2.13. The predicted octanol–water partition coefficient (Wildman–Crippen LogP) is 4.76. The Morgan fingerprint density at radius 2 is 1.83 bits per heavy atom. The van der Waals surface area contributed by atoms with Gasteiger partial charge in [-0.2, -0.15) is 0 Å². The van der Waals surface area contributed by atoms with E-state index in [0.29, 0.717) is 22.4 Å². The molecule has 2 amide bonds. The number of nitrogens with one attached hydrogen (secondary N) is 2. The van der Waals surface area contributed by atoms with E-state index in [-0.39, 0.29) is 61.3 Å². The van der Waals surface area contributed by atoms with Crippen LogP contribution in [0.25, 0.3) is 5.00 Å². The highest BCUT2D eigenvalue weighted by molar-refractivity contribution is 7.15. The van der Waals surface area contributed by atoms with Crippen molar-refractivity contribution in [3.8, 4) is 16.8 Å². The van der Waals surface area contributed by atoms with Crippen LogP contribution in [0.1, 0.15) is 68.0 Å². The number of carbonyl (C=O) groups is 3. The smallest absolute Gasteiger partial charge is 0.336 e. The van der Waals surface area contributed by atoms with Gasteiger partial charge in [0, 0.05) is 45.2 Å². The number of rotatable bonds is 8. The van der Waals surface area contributed by atoms with Crippen LogP contribution in [-0.4, -0.2) is 56.5 Å². The highest BCUT2D eigenvalue weighted by atomic mass is 35.5. The number of hydrogen-bond acceptors (Lipinski definition) is 8. The number of anilines is 1. The molecule has 0 saturated carbocycles. The van der Waals surface area contributed by atoms with Gasteiger partial charge in [-0.15, -0.1) is 33.9 Å². The first-order chi connectivity index (χ1) is 21.6. The van der Waals surface area contributed by atoms with Crippen molar-refractivity contribution in [1.82, 2.24) is 20.1 Å². The molecule has 5 N–H and O–H groups in total. The number of aromatic carboxylic acids is 1. The monoisotopic (exact) mass is 679 g/mol. The second-order valence-electron chi connectivity index (χ2n) is 10.3. The molecule has 0 aliphatic carbocycles. The Bertz CT molecular complexity index is 1910. The fourth-order valence-electron chi connectivity index (χ4n) is 4.98. The summed E-state index contributed by atoms with van der Waals surface area (Å²) in [6.07, 6.45) is -0.0190. The normalized spacial score (nSPS) is 13.2. The molecule has 0 saturated heterocycles. The van der Waals surface area contributed by atoms with E-state index in [1.807, 2.05) is 35.8 Å². The number of thiophene rings is 1. The van der Waals surface area contributed by atoms with E-state index in [1.165, 1.54) is 18.2 Å². The van der Waals surface area contributed by atoms with E-state index in [0.717, 1.165) is 32.3 Å². The predicted molar refractivity (Wildman–Crippen MR) is 181 cm³/mol. The number of carboxylic acids is 1. The maximum atomic E-state index is 13.2. The number of halogens is 2. The first kappa shape index (κ1) is 34.3. The minimum absolute atomic E-state index is 0. The maximum absolute atomic E-state index is 13.2. The largest absolute Gasteiger partial charge is 0.478 e. The Hall–Kier alpha value is -4.54. The highest BCUT2D eigenvalue weighted by Gasteiger charge is 2.32. The molecule has 1 atom stereocenters. The lowest BCUT2D eigenvalue weighted by molar-refractivity contribution is -0.121. The second kappa shape index (κ2) is 14.7. The third-order valence-electron chi connectivity index (χ3n) is 7.27. The summed E-state index contributed by atoms with van der Waals surface area (Å²) in [4.78, 5) is 43.5. The Balaban J connectivity index is 0.00000480. The number of benzene rings is 2. The molecule has 0 radical (unpaired) electrons. The van der Waals surface area contributed by atoms with Gasteiger partial charge in [0.25, 0.3) is 0 Å². The quantitative estimate of drug-likeness (QED) is 0.195. The van der Waals surface area contributed by atoms with Gasteiger partial charge in [0.15, 0.2) is 5.82 Å². The molecule has 14 heteroatoms. The average molecular weight is 681 g/mol. The van der Waals surface area contributed by atoms with Gasteiger partial charge in [-0.3, -0.25) is 19.1 Å². The van der Waals surface area contributed by atoms with Crippen LogP contribution in [0.15, 0.2) is 47.5 Å². The van der Waals surface area contributed by atoms with Crippen LogP contribution in [-0.2, 0) is 9.59 Å². The number of aryl methyl sites for hydroxylation is 2. The minimum atomic E-state index is -1.13. The van der Waals surface area contributed by atoms with E-state index in [4.69, 9.17) is 22.3 Å². The molecule has 2 aromatic carbocycles. The summed E-state index contributed by atoms with van der Waals surface area (Å²) < 4.78 is 1.97. The molecule has 5 rings (SSSR count). The highest BCUT2D eigenvalue weighted by Crippen LogP contribution is 2.39. The van der Waals surface area contributed by atoms with Gasteiger partial charge in [-0.25, -0.2) is 4.79 Å². The number of fused-ring (bicyclic) bond motifs is 3. The lowest BCUT2D eigenvalue weighted by atomic mass is 9.99. The second-order valence-corrected chi connectivity index (χ2v) is 12.0. The van der Waals surface area contributed by atoms with Crippen LogP contribution in [0, 0.1) is 32.6 Å². The van der Waals surface area contributed by atoms with Crippen molar-refractivity contribution >= 4 is 64.5 Å². The van der Waals surface area contributed by atoms with Crippen molar-refractivity contribution in [2.24, 2.45) is 10.7 Å². The number of carbonyl (C=O) groups excluding carboxylic acids is 2. The first-order valence-corrected chi connectivity index (χ1v) is 15.3. The van der Waals surface area contributed by atoms with Crippen molar-refractivity contribution in [2.45, 2.75) is 39.7 Å². The Labute approximate surface area is 280 Å². The van der Waals surface area contributed by atoms with Crippen LogP contribution >= 0.6 is 35.3 Å². The summed E-state index contributed by atoms with van der Waals surface area (Å²) >= 11 is 7.81. The molecule has 46 heavy (non-hydrogen) atoms. The molecular formula is C32H31Cl2N7O4S. The molecule has 1 aliphatic rings. The zero-order valence-corrected chi connectivity index (χ0v) is 27.6. The maximum Gasteiger partial charge on any atom is 0.336 e. The van der Waals surface area contributed by atoms with Gasteiger partial charge in [0.1, 0.15) is 16.9 Å². The number of aliphatic imine (C=N–C) groups is 1. The number of nitrogens with zero attached hydrogens (tertiary/aromatic N) is 4. The number of carboxylic acid groups (broad SMARTS) is 1. The molecular weight excluding hydrogens is 649 g/mol. The van der Waals surface area contributed by atoms with Crippen LogP contribution < -0.4 is 16.4 Å². The molecule has 0 fully saturated rings. The van der Waals surface area contributed by atoms with Gasteiger partial charge in [-0.05, 0) is 56.7 Å². The van der Waals surface area contributed by atoms with Gasteiger partial charge < -0.3 is 21.5 Å². The molecule has 4 aromatic rings. The molecule has 0 unspecified atom stereocenters. The summed E-state index contributed by atoms with van der Waals surface area (Å²) in [5, 5.41) is 25.2. The summed E-state index contributed by atoms with van der Waals surface area (Å²) in [5.74, 6) is 4.79. The first-order valence-electron chi connectivity index (χ1n) is 14.1. The van der Waals surface area contributed by atoms with E-state index >= 15 is 0 Å². The van der Waals surface area contributed by atoms with Crippen molar-refractivity contribution in [3.05, 3.63) is 91.8 Å². The summed E-state index contributed by atoms with van der Waals surface area (Å²) in [6.45, 7) is 6.14. The zero-order chi connectivity index (χ0) is 32.2. The van der Waals surface area contributed by atoms with E-state index in [2.05, 4.69) is 46.5 Å². The molecule has 1 aliphatic heterocycles. The zero-order valence-electron chi connectivity index (χ0n) is 25.2. The summed E-state index contributed by atoms with van der Waals surface area (Å²) in [5.41, 5.74) is 9.72. The SMILES string of the molecule is Cc1sc2c(c1C)C(c1ccc(Cl)cc1)=N[C@@H](CC(=O)NCCC(=O)Nc1ccc(C(=O)O)c(C#CCN)c1)c1nnc(C)n1-2.Cl. The van der Waals surface area contributed by atoms with Gasteiger partial charge in [0.05, 0.1) is 24.2 Å². The van der Waals surface area contributed by atoms with Crippen LogP contribution in [0.3, 0.4) is 0 Å². The van der Waals surface area contributed by atoms with E-state index < -0.39 is 12.0 Å². The summed E-state index contributed by atoms with van der Waals surface area (Å²) in [7, 11) is 0. The average Bonchev–Trinajstić information content (AvgIpc) is 3.48. The fraction of sp³-hybridized carbons (Fsp3) is 0.250. The Kier molecular flexibility index (Phi) is 11.0. The molecule has 11 nitrogen and oxygen atoms in total. The van der Waals surface area contributed by atoms with Crippen molar-refractivity contribution in [2.75, 3.05) is 18.4 Å². The lowest BCUT2D eigenvalue weighted by Crippen LogP contribution is -2.29. The van der Waals surface area contributed by atoms with E-state index in [9.17, 15) is 19.5 Å². The van der Waals surface area contributed by atoms with Crippen LogP contribution in [0.5, 0.6) is 0 Å². The number of nitrogens with two attached hydrogens (primary N) is 1. The minimum Gasteiger partial charge on any atom is -0.478 e. The van der Waals surface area contributed by atoms with Crippen LogP contribution in [0.2, 0.25) is 5.02 Å². The summed E-state index contributed by atoms with van der Waals surface area (Å²) in [6, 6.07) is 11.1. The molecule has 2 aromatic heterocycles. The van der Waals surface area contributed by atoms with Gasteiger partial charge in [-0.1, -0.05) is 35.6 Å². The third kappa shape index (κ3) is 7.29. The van der Waals surface area contributed by atoms with Gasteiger partial charge in [0.2, 0.25) is 11.8 Å². The number of hydrogen-bond donors (Lipinski definition) is 4. The fourth-order valence-corrected chi connectivity index (χ4v) is 6.32. The van der Waals surface area contributed by atoms with Crippen LogP contribution in [0.4, 0.5) is 5.69 Å². The van der Waals surface area contributed by atoms with Crippen molar-refractivity contribution in [3.63, 3.8) is 0 Å². The molecule has 238 valence electrons. The molecule has 3 heterocycles. The molecule has 0 bridgehead atoms. The van der Waals surface area contributed by atoms with Gasteiger partial charge >= 0.3 is 5.97 Å². The van der Waals surface area contributed by atoms with E-state index in [1.54, 1.807) is 11.3 Å². The number of amides is 2. The van der Waals surface area contributed by atoms with Crippen molar-refractivity contribution < 1.29 is 19.5 Å². The Morgan fingerprint density at radius 3 is 2.52 bits per heavy atom. The van der Waals surface area contributed by atoms with Crippen molar-refractivity contribution in [1.29, 1.82) is 0 Å². The topological polar surface area (TPSA) is 165 Å². The third-order valence-corrected chi connectivity index (χ3v) is 8.71.